The predicted molar refractivity (Wildman–Crippen MR) is 267 cm³/mol. The highest BCUT2D eigenvalue weighted by Crippen LogP contribution is 2.55. The number of benzene rings is 2. The van der Waals surface area contributed by atoms with Gasteiger partial charge in [0.15, 0.2) is 0 Å². The normalized spacial score (nSPS) is 18.5. The summed E-state index contributed by atoms with van der Waals surface area (Å²) in [6, 6.07) is 11.1. The van der Waals surface area contributed by atoms with E-state index in [1.54, 1.807) is 55.7 Å². The van der Waals surface area contributed by atoms with E-state index in [9.17, 15) is 0 Å². The largest absolute Gasteiger partial charge is 0.0770 e. The van der Waals surface area contributed by atoms with Crippen molar-refractivity contribution in [2.75, 3.05) is 0 Å². The first-order chi connectivity index (χ1) is 29.3. The van der Waals surface area contributed by atoms with Gasteiger partial charge in [0.1, 0.15) is 0 Å². The van der Waals surface area contributed by atoms with Gasteiger partial charge in [-0.3, -0.25) is 0 Å². The second kappa shape index (κ2) is 21.7. The molecule has 0 spiro atoms. The molecule has 0 unspecified atom stereocenters. The van der Waals surface area contributed by atoms with E-state index in [0.29, 0.717) is 0 Å². The summed E-state index contributed by atoms with van der Waals surface area (Å²) >= 11 is 0. The summed E-state index contributed by atoms with van der Waals surface area (Å²) in [6.45, 7) is 19.1. The molecular formula is C60H90. The maximum Gasteiger partial charge on any atom is 0.0135 e. The van der Waals surface area contributed by atoms with Gasteiger partial charge in [-0.15, -0.1) is 0 Å². The van der Waals surface area contributed by atoms with Crippen molar-refractivity contribution in [2.24, 2.45) is 0 Å². The molecule has 0 amide bonds. The third-order valence-electron chi connectivity index (χ3n) is 16.4. The van der Waals surface area contributed by atoms with Gasteiger partial charge in [0.25, 0.3) is 0 Å². The summed E-state index contributed by atoms with van der Waals surface area (Å²) < 4.78 is 0. The Morgan fingerprint density at radius 3 is 0.800 bits per heavy atom. The molecule has 0 radical (unpaired) electrons. The molecule has 60 heavy (non-hydrogen) atoms. The highest BCUT2D eigenvalue weighted by molar-refractivity contribution is 5.80. The van der Waals surface area contributed by atoms with E-state index in [1.165, 1.54) is 154 Å². The molecule has 0 aromatic heterocycles. The molecule has 0 heteroatoms. The van der Waals surface area contributed by atoms with Crippen LogP contribution in [0.2, 0.25) is 0 Å². The molecule has 6 rings (SSSR count). The lowest BCUT2D eigenvalue weighted by Crippen LogP contribution is -2.37. The Bertz CT molecular complexity index is 1650. The minimum absolute atomic E-state index is 0.179. The predicted octanol–water partition coefficient (Wildman–Crippen LogP) is 18.7. The quantitative estimate of drug-likeness (QED) is 0.0789. The Labute approximate surface area is 371 Å². The van der Waals surface area contributed by atoms with Crippen LogP contribution in [0.4, 0.5) is 0 Å². The fourth-order valence-electron chi connectivity index (χ4n) is 12.5. The third kappa shape index (κ3) is 9.64. The van der Waals surface area contributed by atoms with Crippen molar-refractivity contribution in [1.82, 2.24) is 0 Å². The highest BCUT2D eigenvalue weighted by atomic mass is 14.5. The summed E-state index contributed by atoms with van der Waals surface area (Å²) in [5, 5.41) is 0. The fourth-order valence-corrected chi connectivity index (χ4v) is 12.5. The van der Waals surface area contributed by atoms with Crippen molar-refractivity contribution in [3.05, 3.63) is 105 Å². The van der Waals surface area contributed by atoms with Crippen LogP contribution in [0.3, 0.4) is 0 Å². The van der Waals surface area contributed by atoms with Crippen LogP contribution < -0.4 is 0 Å². The maximum absolute atomic E-state index is 2.80. The van der Waals surface area contributed by atoms with Gasteiger partial charge in [0.05, 0.1) is 0 Å². The molecule has 2 aromatic carbocycles. The fraction of sp³-hybridized carbons (Fsp3) is 0.667. The summed E-state index contributed by atoms with van der Waals surface area (Å²) in [4.78, 5) is 0. The van der Waals surface area contributed by atoms with E-state index in [-0.39, 0.29) is 21.7 Å². The minimum atomic E-state index is 0.179. The number of hydrogen-bond acceptors (Lipinski definition) is 0. The smallest absolute Gasteiger partial charge is 0.0135 e. The van der Waals surface area contributed by atoms with Crippen molar-refractivity contribution < 1.29 is 0 Å². The number of unbranched alkanes of at least 4 members (excludes halogenated alkanes) is 8. The average Bonchev–Trinajstić information content (AvgIpc) is 3.88. The lowest BCUT2D eigenvalue weighted by molar-refractivity contribution is 0.358. The molecule has 330 valence electrons. The van der Waals surface area contributed by atoms with Gasteiger partial charge in [-0.25, -0.2) is 0 Å². The summed E-state index contributed by atoms with van der Waals surface area (Å²) in [6.07, 6.45) is 52.1. The van der Waals surface area contributed by atoms with Crippen LogP contribution >= 0.6 is 0 Å². The second-order valence-electron chi connectivity index (χ2n) is 20.6. The van der Waals surface area contributed by atoms with E-state index in [0.717, 1.165) is 25.7 Å². The lowest BCUT2D eigenvalue weighted by atomic mass is 9.58. The zero-order valence-electron chi connectivity index (χ0n) is 40.6. The van der Waals surface area contributed by atoms with Crippen LogP contribution in [-0.4, -0.2) is 0 Å². The Kier molecular flexibility index (Phi) is 16.9. The zero-order valence-corrected chi connectivity index (χ0v) is 40.6. The number of allylic oxidation sites excluding steroid dienone is 8. The Morgan fingerprint density at radius 1 is 0.333 bits per heavy atom. The Morgan fingerprint density at radius 2 is 0.567 bits per heavy atom. The van der Waals surface area contributed by atoms with E-state index >= 15 is 0 Å². The summed E-state index contributed by atoms with van der Waals surface area (Å²) in [5.41, 5.74) is 17.3. The summed E-state index contributed by atoms with van der Waals surface area (Å²) in [5.74, 6) is 0. The van der Waals surface area contributed by atoms with Crippen molar-refractivity contribution in [3.63, 3.8) is 0 Å². The number of rotatable bonds is 27. The van der Waals surface area contributed by atoms with E-state index in [4.69, 9.17) is 0 Å². The first-order valence-corrected chi connectivity index (χ1v) is 26.4. The van der Waals surface area contributed by atoms with Gasteiger partial charge in [-0.1, -0.05) is 219 Å². The molecule has 0 bridgehead atoms. The van der Waals surface area contributed by atoms with Crippen LogP contribution in [0, 0.1) is 0 Å². The van der Waals surface area contributed by atoms with E-state index < -0.39 is 0 Å². The molecule has 0 N–H and O–H groups in total. The average molecular weight is 811 g/mol. The molecule has 0 saturated carbocycles. The van der Waals surface area contributed by atoms with E-state index in [1.807, 2.05) is 0 Å². The maximum atomic E-state index is 2.80. The molecule has 0 aliphatic heterocycles. The molecular weight excluding hydrogens is 721 g/mol. The van der Waals surface area contributed by atoms with Gasteiger partial charge >= 0.3 is 0 Å². The standard InChI is InChI=1S/C60H90/c1-9-17-31-57(32-18-10-2)39-41-59(35-21-13-5,36-22-14-6)55-45-51-47(27-29-49(51)43-53(55)57)25-26-48-28-30-50-44-54-56(46-52(48)50)60(37-23-15-7,38-24-16-8)42-40-58(54,33-19-11-3)34-20-12-4/h27-28,39-46H,9-26,29-38H2,1-8H3. The van der Waals surface area contributed by atoms with Crippen molar-refractivity contribution in [2.45, 2.75) is 257 Å². The van der Waals surface area contributed by atoms with Gasteiger partial charge in [0, 0.05) is 21.7 Å². The highest BCUT2D eigenvalue weighted by Gasteiger charge is 2.44. The minimum Gasteiger partial charge on any atom is -0.0770 e. The Hall–Kier alpha value is -2.60. The van der Waals surface area contributed by atoms with Crippen LogP contribution in [0.25, 0.3) is 11.1 Å². The van der Waals surface area contributed by atoms with Crippen LogP contribution in [0.5, 0.6) is 0 Å². The summed E-state index contributed by atoms with van der Waals surface area (Å²) in [7, 11) is 0. The second-order valence-corrected chi connectivity index (χ2v) is 20.6. The molecule has 0 nitrogen and oxygen atoms in total. The zero-order chi connectivity index (χ0) is 42.6. The molecule has 0 saturated heterocycles. The monoisotopic (exact) mass is 811 g/mol. The molecule has 0 fully saturated rings. The first kappa shape index (κ1) is 46.9. The Balaban J connectivity index is 1.37. The molecule has 4 aliphatic carbocycles. The van der Waals surface area contributed by atoms with Crippen LogP contribution in [-0.2, 0) is 34.5 Å². The van der Waals surface area contributed by atoms with Crippen molar-refractivity contribution in [3.8, 4) is 0 Å². The number of fused-ring (bicyclic) bond motifs is 4. The number of hydrogen-bond donors (Lipinski definition) is 0. The lowest BCUT2D eigenvalue weighted by Gasteiger charge is -2.45. The molecule has 2 aromatic rings. The van der Waals surface area contributed by atoms with Gasteiger partial charge in [-0.05, 0) is 133 Å². The molecule has 0 heterocycles. The van der Waals surface area contributed by atoms with Crippen LogP contribution in [0.1, 0.15) is 267 Å². The van der Waals surface area contributed by atoms with Crippen molar-refractivity contribution in [1.29, 1.82) is 0 Å². The van der Waals surface area contributed by atoms with Gasteiger partial charge in [-0.2, -0.15) is 0 Å². The van der Waals surface area contributed by atoms with E-state index in [2.05, 4.69) is 116 Å². The molecule has 4 aliphatic rings. The third-order valence-corrected chi connectivity index (χ3v) is 16.4. The van der Waals surface area contributed by atoms with Crippen molar-refractivity contribution >= 4 is 11.1 Å². The molecule has 0 atom stereocenters. The van der Waals surface area contributed by atoms with Crippen LogP contribution in [0.15, 0.2) is 60.7 Å². The van der Waals surface area contributed by atoms with Gasteiger partial charge in [0.2, 0.25) is 0 Å². The SMILES string of the molecule is CCCCC1(CCCC)C=CC(CCCC)(CCCC)c2cc3c(cc21)CC=C3CCC1=CCc2cc3c(cc21)C(CCCC)(CCCC)C=CC3(CCCC)CCCC. The topological polar surface area (TPSA) is 0 Å². The first-order valence-electron chi connectivity index (χ1n) is 26.4. The van der Waals surface area contributed by atoms with Gasteiger partial charge < -0.3 is 0 Å².